The highest BCUT2D eigenvalue weighted by molar-refractivity contribution is 7.93. The zero-order valence-corrected chi connectivity index (χ0v) is 15.1. The summed E-state index contributed by atoms with van der Waals surface area (Å²) in [5.41, 5.74) is 0. The summed E-state index contributed by atoms with van der Waals surface area (Å²) < 4.78 is 15.9. The summed E-state index contributed by atoms with van der Waals surface area (Å²) >= 11 is 1.21. The van der Waals surface area contributed by atoms with Gasteiger partial charge in [0, 0.05) is 26.0 Å². The van der Waals surface area contributed by atoms with Gasteiger partial charge in [-0.2, -0.15) is 0 Å². The number of carbonyl (C=O) groups is 1. The largest absolute Gasteiger partial charge is 0.379 e. The quantitative estimate of drug-likeness (QED) is 0.327. The minimum Gasteiger partial charge on any atom is -0.379 e. The average Bonchev–Trinajstić information content (AvgIpc) is 2.53. The van der Waals surface area contributed by atoms with E-state index in [2.05, 4.69) is 12.2 Å². The molecule has 0 unspecified atom stereocenters. The van der Waals surface area contributed by atoms with Crippen LogP contribution in [0.3, 0.4) is 0 Å². The van der Waals surface area contributed by atoms with E-state index in [0.29, 0.717) is 19.8 Å². The van der Waals surface area contributed by atoms with E-state index in [-0.39, 0.29) is 12.5 Å². The summed E-state index contributed by atoms with van der Waals surface area (Å²) in [6.07, 6.45) is 9.82. The fourth-order valence-electron chi connectivity index (χ4n) is 1.85. The number of carbonyl (C=O) groups excluding carboxylic acids is 1. The van der Waals surface area contributed by atoms with Gasteiger partial charge in [-0.25, -0.2) is 0 Å². The van der Waals surface area contributed by atoms with Gasteiger partial charge in [0.05, 0.1) is 13.2 Å². The number of ether oxygens (including phenoxy) is 2. The van der Waals surface area contributed by atoms with Crippen LogP contribution < -0.4 is 5.32 Å². The first-order chi connectivity index (χ1) is 10.8. The van der Waals surface area contributed by atoms with Crippen molar-refractivity contribution < 1.29 is 18.5 Å². The molecule has 22 heavy (non-hydrogen) atoms. The smallest absolute Gasteiger partial charge is 0.247 e. The van der Waals surface area contributed by atoms with Gasteiger partial charge in [0.25, 0.3) is 0 Å². The molecule has 0 radical (unpaired) electrons. The van der Waals surface area contributed by atoms with Crippen molar-refractivity contribution in [2.45, 2.75) is 51.9 Å². The maximum Gasteiger partial charge on any atom is 0.247 e. The maximum atomic E-state index is 11.2. The zero-order valence-electron chi connectivity index (χ0n) is 14.2. The molecule has 0 bridgehead atoms. The van der Waals surface area contributed by atoms with Crippen LogP contribution in [-0.4, -0.2) is 51.7 Å². The Morgan fingerprint density at radius 3 is 2.14 bits per heavy atom. The third kappa shape index (κ3) is 17.8. The first-order valence-electron chi connectivity index (χ1n) is 8.39. The summed E-state index contributed by atoms with van der Waals surface area (Å²) in [7, 11) is 0. The fourth-order valence-corrected chi connectivity index (χ4v) is 2.07. The van der Waals surface area contributed by atoms with Gasteiger partial charge in [-0.05, 0) is 37.7 Å². The van der Waals surface area contributed by atoms with Crippen molar-refractivity contribution in [3.8, 4) is 0 Å². The number of hydrogen-bond acceptors (Lipinski definition) is 5. The molecule has 0 aliphatic heterocycles. The molecule has 6 heteroatoms. The molecule has 5 nitrogen and oxygen atoms in total. The van der Waals surface area contributed by atoms with E-state index in [9.17, 15) is 4.79 Å². The first kappa shape index (κ1) is 21.7. The van der Waals surface area contributed by atoms with Crippen LogP contribution in [0.1, 0.15) is 51.9 Å². The summed E-state index contributed by atoms with van der Waals surface area (Å²) in [6, 6.07) is 0. The van der Waals surface area contributed by atoms with Crippen molar-refractivity contribution in [2.24, 2.45) is 0 Å². The van der Waals surface area contributed by atoms with Gasteiger partial charge in [0.15, 0.2) is 0 Å². The molecule has 132 valence electrons. The summed E-state index contributed by atoms with van der Waals surface area (Å²) in [6.45, 7) is 6.03. The Morgan fingerprint density at radius 1 is 0.909 bits per heavy atom. The van der Waals surface area contributed by atoms with E-state index in [1.807, 2.05) is 0 Å². The monoisotopic (exact) mass is 335 g/mol. The molecule has 0 aliphatic carbocycles. The number of nitrogens with one attached hydrogen (secondary N) is 1. The fraction of sp³-hybridized carbons (Fsp3) is 0.938. The molecule has 0 aliphatic rings. The van der Waals surface area contributed by atoms with Crippen LogP contribution in [-0.2, 0) is 18.5 Å². The second-order valence-corrected chi connectivity index (χ2v) is 5.69. The Balaban J connectivity index is 3.04. The zero-order chi connectivity index (χ0) is 16.3. The van der Waals surface area contributed by atoms with E-state index in [1.54, 1.807) is 6.26 Å². The summed E-state index contributed by atoms with van der Waals surface area (Å²) in [5.74, 6) is -0.0540. The number of rotatable bonds is 17. The Bertz CT molecular complexity index is 242. The van der Waals surface area contributed by atoms with Crippen LogP contribution >= 0.6 is 12.0 Å². The molecule has 0 rings (SSSR count). The van der Waals surface area contributed by atoms with Gasteiger partial charge in [-0.1, -0.05) is 26.2 Å². The van der Waals surface area contributed by atoms with Gasteiger partial charge < -0.3 is 19.0 Å². The molecular weight excluding hydrogens is 302 g/mol. The van der Waals surface area contributed by atoms with Crippen molar-refractivity contribution in [3.63, 3.8) is 0 Å². The highest BCUT2D eigenvalue weighted by Gasteiger charge is 1.99. The van der Waals surface area contributed by atoms with E-state index in [0.717, 1.165) is 38.9 Å². The highest BCUT2D eigenvalue weighted by Crippen LogP contribution is 1.99. The molecule has 1 amide bonds. The van der Waals surface area contributed by atoms with Crippen molar-refractivity contribution >= 4 is 17.9 Å². The van der Waals surface area contributed by atoms with Crippen LogP contribution in [0, 0.1) is 0 Å². The predicted octanol–water partition coefficient (Wildman–Crippen LogP) is 3.18. The van der Waals surface area contributed by atoms with Crippen LogP contribution in [0.2, 0.25) is 0 Å². The lowest BCUT2D eigenvalue weighted by atomic mass is 10.2. The molecule has 0 aromatic rings. The molecule has 0 aromatic carbocycles. The van der Waals surface area contributed by atoms with Gasteiger partial charge in [0.1, 0.15) is 6.61 Å². The second kappa shape index (κ2) is 18.7. The Labute approximate surface area is 140 Å². The SMILES string of the molecule is CCCCCCOCCOCCCCCNC(=O)COSC. The van der Waals surface area contributed by atoms with E-state index < -0.39 is 0 Å². The first-order valence-corrected chi connectivity index (χ1v) is 9.54. The maximum absolute atomic E-state index is 11.2. The second-order valence-electron chi connectivity index (χ2n) is 5.12. The summed E-state index contributed by atoms with van der Waals surface area (Å²) in [4.78, 5) is 11.2. The van der Waals surface area contributed by atoms with Gasteiger partial charge in [-0.15, -0.1) is 0 Å². The van der Waals surface area contributed by atoms with E-state index >= 15 is 0 Å². The highest BCUT2D eigenvalue weighted by atomic mass is 32.2. The van der Waals surface area contributed by atoms with Crippen LogP contribution in [0.5, 0.6) is 0 Å². The lowest BCUT2D eigenvalue weighted by molar-refractivity contribution is -0.122. The van der Waals surface area contributed by atoms with Gasteiger partial charge in [-0.3, -0.25) is 4.79 Å². The molecule has 0 saturated heterocycles. The Morgan fingerprint density at radius 2 is 1.55 bits per heavy atom. The molecule has 1 N–H and O–H groups in total. The lowest BCUT2D eigenvalue weighted by Gasteiger charge is -2.06. The molecule has 0 aromatic heterocycles. The third-order valence-corrected chi connectivity index (χ3v) is 3.46. The van der Waals surface area contributed by atoms with Crippen LogP contribution in [0.4, 0.5) is 0 Å². The Kier molecular flexibility index (Phi) is 18.5. The van der Waals surface area contributed by atoms with Crippen molar-refractivity contribution in [1.82, 2.24) is 5.32 Å². The molecular formula is C16H33NO4S. The minimum absolute atomic E-state index is 0.0540. The van der Waals surface area contributed by atoms with Crippen LogP contribution in [0.15, 0.2) is 0 Å². The molecule has 0 heterocycles. The number of hydrogen-bond donors (Lipinski definition) is 1. The Hall–Kier alpha value is -0.300. The molecule has 0 saturated carbocycles. The van der Waals surface area contributed by atoms with Gasteiger partial charge in [0.2, 0.25) is 5.91 Å². The number of unbranched alkanes of at least 4 members (excludes halogenated alkanes) is 5. The van der Waals surface area contributed by atoms with E-state index in [1.165, 1.54) is 31.3 Å². The standard InChI is InChI=1S/C16H33NO4S/c1-3-4-5-8-11-19-13-14-20-12-9-6-7-10-17-16(18)15-21-22-2/h3-15H2,1-2H3,(H,17,18). The minimum atomic E-state index is -0.0540. The number of amides is 1. The molecule has 0 spiro atoms. The topological polar surface area (TPSA) is 56.8 Å². The third-order valence-electron chi connectivity index (χ3n) is 3.11. The van der Waals surface area contributed by atoms with Crippen LogP contribution in [0.25, 0.3) is 0 Å². The van der Waals surface area contributed by atoms with Crippen molar-refractivity contribution in [1.29, 1.82) is 0 Å². The van der Waals surface area contributed by atoms with Crippen molar-refractivity contribution in [3.05, 3.63) is 0 Å². The summed E-state index contributed by atoms with van der Waals surface area (Å²) in [5, 5.41) is 2.82. The molecule has 0 fully saturated rings. The van der Waals surface area contributed by atoms with Crippen molar-refractivity contribution in [2.75, 3.05) is 45.8 Å². The lowest BCUT2D eigenvalue weighted by Crippen LogP contribution is -2.27. The normalized spacial score (nSPS) is 10.8. The van der Waals surface area contributed by atoms with Gasteiger partial charge >= 0.3 is 0 Å². The average molecular weight is 336 g/mol. The predicted molar refractivity (Wildman–Crippen MR) is 92.1 cm³/mol. The molecule has 0 atom stereocenters. The van der Waals surface area contributed by atoms with E-state index in [4.69, 9.17) is 13.7 Å².